The number of benzene rings is 3. The van der Waals surface area contributed by atoms with Gasteiger partial charge in [-0.1, -0.05) is 48.0 Å². The molecule has 0 bridgehead atoms. The summed E-state index contributed by atoms with van der Waals surface area (Å²) in [5, 5.41) is 3.53. The number of carbonyl (C=O) groups excluding carboxylic acids is 1. The van der Waals surface area contributed by atoms with Gasteiger partial charge in [-0.2, -0.15) is 0 Å². The van der Waals surface area contributed by atoms with Crippen LogP contribution < -0.4 is 19.5 Å². The topological polar surface area (TPSA) is 56.8 Å². The predicted octanol–water partition coefficient (Wildman–Crippen LogP) is 4.83. The summed E-state index contributed by atoms with van der Waals surface area (Å²) in [7, 11) is 1.54. The third-order valence-corrected chi connectivity index (χ3v) is 5.27. The summed E-state index contributed by atoms with van der Waals surface area (Å²) in [4.78, 5) is 13.0. The molecule has 1 heterocycles. The number of hydrogen-bond donors (Lipinski definition) is 1. The van der Waals surface area contributed by atoms with E-state index in [0.717, 1.165) is 16.9 Å². The standard InChI is InChI=1S/C24H22ClNO4/c1-28-21-9-8-18(14-19(21)25)24(27)26-20(13-16-5-3-2-4-6-16)17-7-10-22-23(15-17)30-12-11-29-22/h2-10,14-15,20H,11-13H2,1H3,(H,26,27). The Bertz CT molecular complexity index is 1040. The molecule has 0 aromatic heterocycles. The third kappa shape index (κ3) is 4.52. The smallest absolute Gasteiger partial charge is 0.251 e. The molecule has 0 fully saturated rings. The van der Waals surface area contributed by atoms with E-state index in [2.05, 4.69) is 5.32 Å². The number of fused-ring (bicyclic) bond motifs is 1. The van der Waals surface area contributed by atoms with Gasteiger partial charge in [0.05, 0.1) is 18.2 Å². The monoisotopic (exact) mass is 423 g/mol. The van der Waals surface area contributed by atoms with Crippen LogP contribution in [0, 0.1) is 0 Å². The van der Waals surface area contributed by atoms with E-state index in [-0.39, 0.29) is 11.9 Å². The van der Waals surface area contributed by atoms with Crippen molar-refractivity contribution in [1.82, 2.24) is 5.32 Å². The van der Waals surface area contributed by atoms with Crippen molar-refractivity contribution in [2.75, 3.05) is 20.3 Å². The summed E-state index contributed by atoms with van der Waals surface area (Å²) in [6.07, 6.45) is 0.635. The van der Waals surface area contributed by atoms with E-state index in [1.54, 1.807) is 25.3 Å². The Labute approximate surface area is 180 Å². The zero-order valence-electron chi connectivity index (χ0n) is 16.6. The molecule has 6 heteroatoms. The molecule has 0 aliphatic carbocycles. The van der Waals surface area contributed by atoms with E-state index in [1.165, 1.54) is 0 Å². The number of nitrogens with one attached hydrogen (secondary N) is 1. The Morgan fingerprint density at radius 2 is 1.80 bits per heavy atom. The highest BCUT2D eigenvalue weighted by molar-refractivity contribution is 6.32. The highest BCUT2D eigenvalue weighted by Gasteiger charge is 2.20. The lowest BCUT2D eigenvalue weighted by molar-refractivity contribution is 0.0936. The molecule has 1 unspecified atom stereocenters. The van der Waals surface area contributed by atoms with Gasteiger partial charge in [-0.15, -0.1) is 0 Å². The quantitative estimate of drug-likeness (QED) is 0.616. The second kappa shape index (κ2) is 9.09. The van der Waals surface area contributed by atoms with Crippen LogP contribution in [0.2, 0.25) is 5.02 Å². The van der Waals surface area contributed by atoms with Crippen LogP contribution in [0.15, 0.2) is 66.7 Å². The molecule has 1 N–H and O–H groups in total. The Balaban J connectivity index is 1.62. The minimum Gasteiger partial charge on any atom is -0.495 e. The summed E-state index contributed by atoms with van der Waals surface area (Å²) < 4.78 is 16.5. The van der Waals surface area contributed by atoms with Gasteiger partial charge in [0.25, 0.3) is 5.91 Å². The zero-order chi connectivity index (χ0) is 20.9. The van der Waals surface area contributed by atoms with Crippen LogP contribution in [-0.2, 0) is 6.42 Å². The number of halogens is 1. The highest BCUT2D eigenvalue weighted by atomic mass is 35.5. The average Bonchev–Trinajstić information content (AvgIpc) is 2.79. The van der Waals surface area contributed by atoms with Gasteiger partial charge < -0.3 is 19.5 Å². The van der Waals surface area contributed by atoms with Crippen molar-refractivity contribution in [3.05, 3.63) is 88.4 Å². The van der Waals surface area contributed by atoms with E-state index >= 15 is 0 Å². The molecule has 0 saturated heterocycles. The lowest BCUT2D eigenvalue weighted by Crippen LogP contribution is -2.30. The fourth-order valence-corrected chi connectivity index (χ4v) is 3.69. The Kier molecular flexibility index (Phi) is 6.10. The van der Waals surface area contributed by atoms with Crippen LogP contribution in [0.3, 0.4) is 0 Å². The third-order valence-electron chi connectivity index (χ3n) is 4.97. The summed E-state index contributed by atoms with van der Waals surface area (Å²) >= 11 is 6.20. The molecule has 1 aliphatic rings. The van der Waals surface area contributed by atoms with Crippen molar-refractivity contribution >= 4 is 17.5 Å². The number of hydrogen-bond acceptors (Lipinski definition) is 4. The second-order valence-electron chi connectivity index (χ2n) is 6.97. The molecule has 30 heavy (non-hydrogen) atoms. The number of amides is 1. The molecule has 154 valence electrons. The minimum atomic E-state index is -0.253. The van der Waals surface area contributed by atoms with Gasteiger partial charge in [0.1, 0.15) is 19.0 Å². The molecule has 3 aromatic rings. The Morgan fingerprint density at radius 3 is 2.53 bits per heavy atom. The van der Waals surface area contributed by atoms with Gasteiger partial charge in [0, 0.05) is 5.56 Å². The molecule has 1 amide bonds. The largest absolute Gasteiger partial charge is 0.495 e. The molecular formula is C24H22ClNO4. The Hall–Kier alpha value is -3.18. The molecule has 0 radical (unpaired) electrons. The van der Waals surface area contributed by atoms with Crippen molar-refractivity contribution in [2.45, 2.75) is 12.5 Å². The maximum absolute atomic E-state index is 13.0. The predicted molar refractivity (Wildman–Crippen MR) is 116 cm³/mol. The summed E-state index contributed by atoms with van der Waals surface area (Å²) in [5.74, 6) is 1.73. The van der Waals surface area contributed by atoms with Crippen molar-refractivity contribution in [3.8, 4) is 17.2 Å². The van der Waals surface area contributed by atoms with Crippen LogP contribution in [0.5, 0.6) is 17.2 Å². The van der Waals surface area contributed by atoms with Gasteiger partial charge >= 0.3 is 0 Å². The number of carbonyl (C=O) groups is 1. The first-order valence-corrected chi connectivity index (χ1v) is 10.1. The van der Waals surface area contributed by atoms with E-state index in [0.29, 0.717) is 41.7 Å². The zero-order valence-corrected chi connectivity index (χ0v) is 17.3. The SMILES string of the molecule is COc1ccc(C(=O)NC(Cc2ccccc2)c2ccc3c(c2)OCCO3)cc1Cl. The molecule has 0 spiro atoms. The fourth-order valence-electron chi connectivity index (χ4n) is 3.43. The molecule has 3 aromatic carbocycles. The minimum absolute atomic E-state index is 0.213. The van der Waals surface area contributed by atoms with Gasteiger partial charge in [-0.25, -0.2) is 0 Å². The molecule has 1 aliphatic heterocycles. The number of methoxy groups -OCH3 is 1. The first-order valence-electron chi connectivity index (χ1n) is 9.72. The Morgan fingerprint density at radius 1 is 1.03 bits per heavy atom. The summed E-state index contributed by atoms with van der Waals surface area (Å²) in [6, 6.07) is 20.6. The van der Waals surface area contributed by atoms with Crippen LogP contribution in [0.4, 0.5) is 0 Å². The molecule has 1 atom stereocenters. The van der Waals surface area contributed by atoms with Crippen LogP contribution in [-0.4, -0.2) is 26.2 Å². The van der Waals surface area contributed by atoms with E-state index < -0.39 is 0 Å². The number of ether oxygens (including phenoxy) is 3. The molecular weight excluding hydrogens is 402 g/mol. The first-order chi connectivity index (χ1) is 14.6. The van der Waals surface area contributed by atoms with Gasteiger partial charge in [0.15, 0.2) is 11.5 Å². The highest BCUT2D eigenvalue weighted by Crippen LogP contribution is 2.34. The molecule has 5 nitrogen and oxygen atoms in total. The normalized spacial score (nSPS) is 13.4. The van der Waals surface area contributed by atoms with Crippen molar-refractivity contribution < 1.29 is 19.0 Å². The number of rotatable bonds is 6. The maximum atomic E-state index is 13.0. The van der Waals surface area contributed by atoms with Crippen molar-refractivity contribution in [2.24, 2.45) is 0 Å². The second-order valence-corrected chi connectivity index (χ2v) is 7.38. The van der Waals surface area contributed by atoms with Crippen molar-refractivity contribution in [3.63, 3.8) is 0 Å². The lowest BCUT2D eigenvalue weighted by atomic mass is 9.97. The van der Waals surface area contributed by atoms with Gasteiger partial charge in [-0.3, -0.25) is 4.79 Å². The van der Waals surface area contributed by atoms with Crippen LogP contribution in [0.1, 0.15) is 27.5 Å². The van der Waals surface area contributed by atoms with E-state index in [4.69, 9.17) is 25.8 Å². The van der Waals surface area contributed by atoms with Crippen molar-refractivity contribution in [1.29, 1.82) is 0 Å². The fraction of sp³-hybridized carbons (Fsp3) is 0.208. The maximum Gasteiger partial charge on any atom is 0.251 e. The van der Waals surface area contributed by atoms with Crippen LogP contribution >= 0.6 is 11.6 Å². The lowest BCUT2D eigenvalue weighted by Gasteiger charge is -2.23. The summed E-state index contributed by atoms with van der Waals surface area (Å²) in [5.41, 5.74) is 2.53. The van der Waals surface area contributed by atoms with E-state index in [9.17, 15) is 4.79 Å². The van der Waals surface area contributed by atoms with E-state index in [1.807, 2.05) is 48.5 Å². The molecule has 4 rings (SSSR count). The first kappa shape index (κ1) is 20.1. The van der Waals surface area contributed by atoms with Crippen LogP contribution in [0.25, 0.3) is 0 Å². The molecule has 0 saturated carbocycles. The van der Waals surface area contributed by atoms with Gasteiger partial charge in [-0.05, 0) is 47.9 Å². The van der Waals surface area contributed by atoms with Gasteiger partial charge in [0.2, 0.25) is 0 Å². The summed E-state index contributed by atoms with van der Waals surface area (Å²) in [6.45, 7) is 1.05. The average molecular weight is 424 g/mol.